The van der Waals surface area contributed by atoms with Crippen LogP contribution in [-0.4, -0.2) is 49.1 Å². The van der Waals surface area contributed by atoms with Gasteiger partial charge in [-0.1, -0.05) is 13.8 Å². The summed E-state index contributed by atoms with van der Waals surface area (Å²) in [5, 5.41) is 6.36. The van der Waals surface area contributed by atoms with Crippen molar-refractivity contribution in [1.29, 1.82) is 0 Å². The van der Waals surface area contributed by atoms with Crippen LogP contribution in [-0.2, 0) is 4.79 Å². The highest BCUT2D eigenvalue weighted by atomic mass is 16.2. The zero-order valence-corrected chi connectivity index (χ0v) is 13.6. The van der Waals surface area contributed by atoms with Crippen LogP contribution in [0.15, 0.2) is 0 Å². The minimum absolute atomic E-state index is 0.107. The predicted molar refractivity (Wildman–Crippen MR) is 82.4 cm³/mol. The molecule has 4 heteroatoms. The molecule has 0 aliphatic carbocycles. The van der Waals surface area contributed by atoms with Crippen LogP contribution >= 0.6 is 0 Å². The average molecular weight is 271 g/mol. The third kappa shape index (κ3) is 8.22. The molecule has 1 amide bonds. The summed E-state index contributed by atoms with van der Waals surface area (Å²) < 4.78 is 0. The zero-order valence-electron chi connectivity index (χ0n) is 13.6. The Morgan fingerprint density at radius 1 is 1.16 bits per heavy atom. The highest BCUT2D eigenvalue weighted by Crippen LogP contribution is 1.98. The molecule has 0 saturated carbocycles. The normalized spacial score (nSPS) is 13.3. The lowest BCUT2D eigenvalue weighted by atomic mass is 10.1. The van der Waals surface area contributed by atoms with Crippen molar-refractivity contribution in [3.8, 4) is 0 Å². The van der Waals surface area contributed by atoms with E-state index in [4.69, 9.17) is 0 Å². The average Bonchev–Trinajstić information content (AvgIpc) is 2.39. The molecule has 0 saturated heterocycles. The van der Waals surface area contributed by atoms with Crippen molar-refractivity contribution in [1.82, 2.24) is 15.5 Å². The van der Waals surface area contributed by atoms with E-state index in [0.717, 1.165) is 32.4 Å². The third-order valence-electron chi connectivity index (χ3n) is 3.74. The van der Waals surface area contributed by atoms with Crippen LogP contribution in [0.25, 0.3) is 0 Å². The molecule has 114 valence electrons. The monoisotopic (exact) mass is 271 g/mol. The highest BCUT2D eigenvalue weighted by Gasteiger charge is 2.14. The van der Waals surface area contributed by atoms with Gasteiger partial charge in [0.05, 0.1) is 6.04 Å². The molecular weight excluding hydrogens is 238 g/mol. The molecule has 0 fully saturated rings. The first-order chi connectivity index (χ1) is 8.92. The lowest BCUT2D eigenvalue weighted by Crippen LogP contribution is -2.46. The van der Waals surface area contributed by atoms with Crippen molar-refractivity contribution in [3.05, 3.63) is 0 Å². The Balaban J connectivity index is 3.79. The van der Waals surface area contributed by atoms with Gasteiger partial charge >= 0.3 is 0 Å². The van der Waals surface area contributed by atoms with Gasteiger partial charge < -0.3 is 15.5 Å². The SMILES string of the molecule is CCC(CC)NC(=O)C(C)NCCCN(C)C(C)C. The van der Waals surface area contributed by atoms with Crippen LogP contribution in [0.4, 0.5) is 0 Å². The van der Waals surface area contributed by atoms with E-state index in [1.807, 2.05) is 6.92 Å². The first-order valence-corrected chi connectivity index (χ1v) is 7.66. The maximum Gasteiger partial charge on any atom is 0.237 e. The maximum absolute atomic E-state index is 11.9. The van der Waals surface area contributed by atoms with E-state index < -0.39 is 0 Å². The molecule has 1 atom stereocenters. The molecule has 2 N–H and O–H groups in total. The molecule has 0 radical (unpaired) electrons. The highest BCUT2D eigenvalue weighted by molar-refractivity contribution is 5.81. The van der Waals surface area contributed by atoms with E-state index in [2.05, 4.69) is 50.3 Å². The van der Waals surface area contributed by atoms with Crippen molar-refractivity contribution in [2.24, 2.45) is 0 Å². The molecular formula is C15H33N3O. The van der Waals surface area contributed by atoms with Crippen LogP contribution in [0.3, 0.4) is 0 Å². The van der Waals surface area contributed by atoms with Gasteiger partial charge in [0.2, 0.25) is 5.91 Å². The number of nitrogens with one attached hydrogen (secondary N) is 2. The zero-order chi connectivity index (χ0) is 14.8. The van der Waals surface area contributed by atoms with Crippen LogP contribution in [0.1, 0.15) is 53.9 Å². The topological polar surface area (TPSA) is 44.4 Å². The standard InChI is InChI=1S/C15H33N3O/c1-7-14(8-2)17-15(19)13(5)16-10-9-11-18(6)12(3)4/h12-14,16H,7-11H2,1-6H3,(H,17,19). The van der Waals surface area contributed by atoms with Gasteiger partial charge in [-0.3, -0.25) is 4.79 Å². The lowest BCUT2D eigenvalue weighted by molar-refractivity contribution is -0.123. The second-order valence-corrected chi connectivity index (χ2v) is 5.63. The Labute approximate surface area is 119 Å². The molecule has 1 unspecified atom stereocenters. The van der Waals surface area contributed by atoms with Gasteiger partial charge in [0.1, 0.15) is 0 Å². The Morgan fingerprint density at radius 2 is 1.74 bits per heavy atom. The number of carbonyl (C=O) groups is 1. The fraction of sp³-hybridized carbons (Fsp3) is 0.933. The van der Waals surface area contributed by atoms with Gasteiger partial charge in [0, 0.05) is 12.1 Å². The van der Waals surface area contributed by atoms with Gasteiger partial charge in [0.15, 0.2) is 0 Å². The Hall–Kier alpha value is -0.610. The summed E-state index contributed by atoms with van der Waals surface area (Å²) in [5.74, 6) is 0.117. The van der Waals surface area contributed by atoms with E-state index >= 15 is 0 Å². The molecule has 0 aromatic rings. The van der Waals surface area contributed by atoms with Crippen molar-refractivity contribution < 1.29 is 4.79 Å². The summed E-state index contributed by atoms with van der Waals surface area (Å²) in [5.41, 5.74) is 0. The van der Waals surface area contributed by atoms with E-state index in [-0.39, 0.29) is 11.9 Å². The van der Waals surface area contributed by atoms with E-state index in [0.29, 0.717) is 12.1 Å². The minimum atomic E-state index is -0.107. The summed E-state index contributed by atoms with van der Waals surface area (Å²) in [7, 11) is 2.13. The summed E-state index contributed by atoms with van der Waals surface area (Å²) in [6.45, 7) is 12.5. The van der Waals surface area contributed by atoms with Crippen molar-refractivity contribution in [2.45, 2.75) is 72.0 Å². The van der Waals surface area contributed by atoms with Gasteiger partial charge in [-0.05, 0) is 60.2 Å². The van der Waals surface area contributed by atoms with Crippen molar-refractivity contribution in [3.63, 3.8) is 0 Å². The summed E-state index contributed by atoms with van der Waals surface area (Å²) in [4.78, 5) is 14.2. The van der Waals surface area contributed by atoms with Crippen LogP contribution < -0.4 is 10.6 Å². The van der Waals surface area contributed by atoms with E-state index in [1.165, 1.54) is 0 Å². The smallest absolute Gasteiger partial charge is 0.237 e. The van der Waals surface area contributed by atoms with E-state index in [1.54, 1.807) is 0 Å². The Morgan fingerprint density at radius 3 is 2.21 bits per heavy atom. The molecule has 0 aliphatic rings. The summed E-state index contributed by atoms with van der Waals surface area (Å²) in [6.07, 6.45) is 3.06. The number of carbonyl (C=O) groups excluding carboxylic acids is 1. The molecule has 0 rings (SSSR count). The fourth-order valence-electron chi connectivity index (χ4n) is 1.82. The summed E-state index contributed by atoms with van der Waals surface area (Å²) >= 11 is 0. The van der Waals surface area contributed by atoms with Crippen molar-refractivity contribution in [2.75, 3.05) is 20.1 Å². The largest absolute Gasteiger partial charge is 0.352 e. The minimum Gasteiger partial charge on any atom is -0.352 e. The first-order valence-electron chi connectivity index (χ1n) is 7.66. The fourth-order valence-corrected chi connectivity index (χ4v) is 1.82. The third-order valence-corrected chi connectivity index (χ3v) is 3.74. The van der Waals surface area contributed by atoms with E-state index in [9.17, 15) is 4.79 Å². The Kier molecular flexibility index (Phi) is 9.88. The van der Waals surface area contributed by atoms with Crippen molar-refractivity contribution >= 4 is 5.91 Å². The first kappa shape index (κ1) is 18.4. The number of hydrogen-bond donors (Lipinski definition) is 2. The maximum atomic E-state index is 11.9. The summed E-state index contributed by atoms with van der Waals surface area (Å²) in [6, 6.07) is 0.782. The quantitative estimate of drug-likeness (QED) is 0.597. The van der Waals surface area contributed by atoms with Gasteiger partial charge in [-0.15, -0.1) is 0 Å². The molecule has 0 aromatic carbocycles. The molecule has 0 aliphatic heterocycles. The molecule has 0 bridgehead atoms. The van der Waals surface area contributed by atoms with Crippen LogP contribution in [0.2, 0.25) is 0 Å². The number of rotatable bonds is 10. The Bertz CT molecular complexity index is 240. The molecule has 0 spiro atoms. The number of nitrogens with zero attached hydrogens (tertiary/aromatic N) is 1. The molecule has 0 aromatic heterocycles. The second-order valence-electron chi connectivity index (χ2n) is 5.63. The number of hydrogen-bond acceptors (Lipinski definition) is 3. The second kappa shape index (κ2) is 10.2. The van der Waals surface area contributed by atoms with Gasteiger partial charge in [-0.25, -0.2) is 0 Å². The van der Waals surface area contributed by atoms with Crippen LogP contribution in [0.5, 0.6) is 0 Å². The van der Waals surface area contributed by atoms with Gasteiger partial charge in [-0.2, -0.15) is 0 Å². The van der Waals surface area contributed by atoms with Crippen LogP contribution in [0, 0.1) is 0 Å². The number of amides is 1. The lowest BCUT2D eigenvalue weighted by Gasteiger charge is -2.22. The molecule has 4 nitrogen and oxygen atoms in total. The molecule has 0 heterocycles. The van der Waals surface area contributed by atoms with Gasteiger partial charge in [0.25, 0.3) is 0 Å². The molecule has 19 heavy (non-hydrogen) atoms. The predicted octanol–water partition coefficient (Wildman–Crippen LogP) is 2.00.